The molecule has 4 aromatic rings. The number of nitro groups is 1. The van der Waals surface area contributed by atoms with Crippen molar-refractivity contribution in [3.8, 4) is 0 Å². The van der Waals surface area contributed by atoms with Crippen LogP contribution in [0.25, 0.3) is 10.2 Å². The Labute approximate surface area is 176 Å². The van der Waals surface area contributed by atoms with Crippen LogP contribution in [-0.2, 0) is 17.8 Å². The summed E-state index contributed by atoms with van der Waals surface area (Å²) < 4.78 is 1.02. The molecule has 0 saturated carbocycles. The zero-order valence-corrected chi connectivity index (χ0v) is 17.0. The van der Waals surface area contributed by atoms with Crippen molar-refractivity contribution in [2.75, 3.05) is 4.90 Å². The number of thiazole rings is 1. The number of rotatable bonds is 6. The van der Waals surface area contributed by atoms with E-state index in [0.717, 1.165) is 21.3 Å². The van der Waals surface area contributed by atoms with Crippen LogP contribution in [0.2, 0.25) is 0 Å². The van der Waals surface area contributed by atoms with Crippen molar-refractivity contribution >= 4 is 38.3 Å². The number of carbonyl (C=O) groups is 1. The number of nitrogens with zero attached hydrogens (tertiary/aromatic N) is 4. The van der Waals surface area contributed by atoms with E-state index in [2.05, 4.69) is 16.0 Å². The van der Waals surface area contributed by atoms with Crippen molar-refractivity contribution in [1.82, 2.24) is 9.97 Å². The average molecular weight is 418 g/mol. The SMILES string of the molecule is Cc1ccc2nc(N(Cc3cccnc3)C(=O)Cc3ccc([N+](=O)[O-])cc3)sc2c1. The summed E-state index contributed by atoms with van der Waals surface area (Å²) in [5, 5.41) is 11.5. The van der Waals surface area contributed by atoms with Gasteiger partial charge in [0.15, 0.2) is 5.13 Å². The lowest BCUT2D eigenvalue weighted by Gasteiger charge is -2.20. The molecular formula is C22H18N4O3S. The van der Waals surface area contributed by atoms with E-state index in [9.17, 15) is 14.9 Å². The fraction of sp³-hybridized carbons (Fsp3) is 0.136. The molecule has 0 aliphatic rings. The highest BCUT2D eigenvalue weighted by atomic mass is 32.1. The van der Waals surface area contributed by atoms with E-state index >= 15 is 0 Å². The van der Waals surface area contributed by atoms with Crippen LogP contribution in [0.15, 0.2) is 67.0 Å². The fourth-order valence-electron chi connectivity index (χ4n) is 3.08. The van der Waals surface area contributed by atoms with Gasteiger partial charge in [0, 0.05) is 24.5 Å². The van der Waals surface area contributed by atoms with Crippen molar-refractivity contribution in [2.24, 2.45) is 0 Å². The Morgan fingerprint density at radius 1 is 1.13 bits per heavy atom. The molecule has 0 saturated heterocycles. The van der Waals surface area contributed by atoms with Crippen LogP contribution < -0.4 is 4.90 Å². The summed E-state index contributed by atoms with van der Waals surface area (Å²) in [5.41, 5.74) is 3.58. The third kappa shape index (κ3) is 4.33. The summed E-state index contributed by atoms with van der Waals surface area (Å²) in [6.07, 6.45) is 3.53. The average Bonchev–Trinajstić information content (AvgIpc) is 3.15. The van der Waals surface area contributed by atoms with Gasteiger partial charge in [-0.25, -0.2) is 4.98 Å². The van der Waals surface area contributed by atoms with E-state index in [1.165, 1.54) is 23.5 Å². The van der Waals surface area contributed by atoms with Crippen LogP contribution in [0.4, 0.5) is 10.8 Å². The molecule has 0 aliphatic heterocycles. The minimum atomic E-state index is -0.455. The molecule has 0 fully saturated rings. The van der Waals surface area contributed by atoms with Gasteiger partial charge in [-0.2, -0.15) is 0 Å². The van der Waals surface area contributed by atoms with Gasteiger partial charge in [0.05, 0.1) is 28.1 Å². The molecule has 2 heterocycles. The molecule has 30 heavy (non-hydrogen) atoms. The quantitative estimate of drug-likeness (QED) is 0.335. The minimum absolute atomic E-state index is 0.0000390. The van der Waals surface area contributed by atoms with Crippen molar-refractivity contribution in [3.05, 3.63) is 93.8 Å². The first-order valence-corrected chi connectivity index (χ1v) is 10.1. The third-order valence-electron chi connectivity index (χ3n) is 4.63. The van der Waals surface area contributed by atoms with E-state index in [1.54, 1.807) is 29.4 Å². The lowest BCUT2D eigenvalue weighted by Crippen LogP contribution is -2.31. The molecule has 2 aromatic heterocycles. The molecule has 0 spiro atoms. The largest absolute Gasteiger partial charge is 0.283 e. The maximum Gasteiger partial charge on any atom is 0.269 e. The highest BCUT2D eigenvalue weighted by Crippen LogP contribution is 2.31. The standard InChI is InChI=1S/C22H18N4O3S/c1-15-4-9-19-20(11-15)30-22(24-19)25(14-17-3-2-10-23-13-17)21(27)12-16-5-7-18(8-6-16)26(28)29/h2-11,13H,12,14H2,1H3. The molecule has 1 amide bonds. The van der Waals surface area contributed by atoms with E-state index in [-0.39, 0.29) is 18.0 Å². The smallest absolute Gasteiger partial charge is 0.269 e. The number of amides is 1. The summed E-state index contributed by atoms with van der Waals surface area (Å²) in [6, 6.07) is 15.8. The first-order valence-electron chi connectivity index (χ1n) is 9.29. The minimum Gasteiger partial charge on any atom is -0.283 e. The summed E-state index contributed by atoms with van der Waals surface area (Å²) in [6.45, 7) is 2.37. The molecule has 7 nitrogen and oxygen atoms in total. The highest BCUT2D eigenvalue weighted by Gasteiger charge is 2.21. The van der Waals surface area contributed by atoms with Gasteiger partial charge in [0.25, 0.3) is 5.69 Å². The molecule has 4 rings (SSSR count). The maximum atomic E-state index is 13.2. The van der Waals surface area contributed by atoms with Gasteiger partial charge >= 0.3 is 0 Å². The normalized spacial score (nSPS) is 10.8. The van der Waals surface area contributed by atoms with Crippen LogP contribution in [0.1, 0.15) is 16.7 Å². The van der Waals surface area contributed by atoms with Crippen LogP contribution in [0.3, 0.4) is 0 Å². The Kier molecular flexibility index (Phi) is 5.49. The summed E-state index contributed by atoms with van der Waals surface area (Å²) in [5.74, 6) is -0.136. The van der Waals surface area contributed by atoms with E-state index in [4.69, 9.17) is 0 Å². The fourth-order valence-corrected chi connectivity index (χ4v) is 4.16. The van der Waals surface area contributed by atoms with Crippen LogP contribution in [0.5, 0.6) is 0 Å². The monoisotopic (exact) mass is 418 g/mol. The molecular weight excluding hydrogens is 400 g/mol. The van der Waals surface area contributed by atoms with Crippen molar-refractivity contribution in [2.45, 2.75) is 19.9 Å². The number of hydrogen-bond donors (Lipinski definition) is 0. The number of aryl methyl sites for hydroxylation is 1. The number of carbonyl (C=O) groups excluding carboxylic acids is 1. The van der Waals surface area contributed by atoms with Crippen molar-refractivity contribution in [3.63, 3.8) is 0 Å². The molecule has 0 N–H and O–H groups in total. The lowest BCUT2D eigenvalue weighted by molar-refractivity contribution is -0.384. The first-order chi connectivity index (χ1) is 14.5. The number of benzene rings is 2. The third-order valence-corrected chi connectivity index (χ3v) is 5.67. The second-order valence-electron chi connectivity index (χ2n) is 6.91. The molecule has 0 atom stereocenters. The summed E-state index contributed by atoms with van der Waals surface area (Å²) >= 11 is 1.47. The Morgan fingerprint density at radius 2 is 1.93 bits per heavy atom. The molecule has 2 aromatic carbocycles. The van der Waals surface area contributed by atoms with E-state index < -0.39 is 4.92 Å². The Balaban J connectivity index is 1.65. The first kappa shape index (κ1) is 19.7. The van der Waals surface area contributed by atoms with Crippen molar-refractivity contribution in [1.29, 1.82) is 0 Å². The van der Waals surface area contributed by atoms with Crippen LogP contribution in [0, 0.1) is 17.0 Å². The second kappa shape index (κ2) is 8.38. The highest BCUT2D eigenvalue weighted by molar-refractivity contribution is 7.22. The molecule has 150 valence electrons. The molecule has 0 radical (unpaired) electrons. The predicted molar refractivity (Wildman–Crippen MR) is 117 cm³/mol. The van der Waals surface area contributed by atoms with Crippen molar-refractivity contribution < 1.29 is 9.72 Å². The Bertz CT molecular complexity index is 1210. The Morgan fingerprint density at radius 3 is 2.63 bits per heavy atom. The van der Waals surface area contributed by atoms with E-state index in [0.29, 0.717) is 17.2 Å². The van der Waals surface area contributed by atoms with Gasteiger partial charge in [0.1, 0.15) is 0 Å². The van der Waals surface area contributed by atoms with Gasteiger partial charge in [-0.05, 0) is 41.8 Å². The van der Waals surface area contributed by atoms with Crippen LogP contribution in [-0.4, -0.2) is 20.8 Å². The molecule has 0 unspecified atom stereocenters. The number of anilines is 1. The number of aromatic nitrogens is 2. The molecule has 8 heteroatoms. The second-order valence-corrected chi connectivity index (χ2v) is 7.92. The number of nitro benzene ring substituents is 1. The molecule has 0 aliphatic carbocycles. The number of pyridine rings is 1. The summed E-state index contributed by atoms with van der Waals surface area (Å²) in [7, 11) is 0. The van der Waals surface area contributed by atoms with Gasteiger partial charge in [-0.15, -0.1) is 0 Å². The maximum absolute atomic E-state index is 13.2. The van der Waals surface area contributed by atoms with Gasteiger partial charge < -0.3 is 0 Å². The zero-order valence-electron chi connectivity index (χ0n) is 16.2. The summed E-state index contributed by atoms with van der Waals surface area (Å²) in [4.78, 5) is 34.1. The number of hydrogen-bond acceptors (Lipinski definition) is 6. The lowest BCUT2D eigenvalue weighted by atomic mass is 10.1. The number of fused-ring (bicyclic) bond motifs is 1. The Hall–Kier alpha value is -3.65. The van der Waals surface area contributed by atoms with Gasteiger partial charge in [-0.1, -0.05) is 35.6 Å². The number of non-ortho nitro benzene ring substituents is 1. The van der Waals surface area contributed by atoms with E-state index in [1.807, 2.05) is 31.2 Å². The van der Waals surface area contributed by atoms with Gasteiger partial charge in [-0.3, -0.25) is 24.8 Å². The van der Waals surface area contributed by atoms with Crippen LogP contribution >= 0.6 is 11.3 Å². The van der Waals surface area contributed by atoms with Gasteiger partial charge in [0.2, 0.25) is 5.91 Å². The molecule has 0 bridgehead atoms. The topological polar surface area (TPSA) is 89.2 Å². The predicted octanol–water partition coefficient (Wildman–Crippen LogP) is 4.68. The zero-order chi connectivity index (χ0) is 21.1.